The van der Waals surface area contributed by atoms with Crippen LogP contribution in [0.5, 0.6) is 11.9 Å². The summed E-state index contributed by atoms with van der Waals surface area (Å²) in [6.07, 6.45) is 5.59. The molecule has 0 radical (unpaired) electrons. The van der Waals surface area contributed by atoms with Crippen molar-refractivity contribution in [1.29, 1.82) is 0 Å². The summed E-state index contributed by atoms with van der Waals surface area (Å²) in [4.78, 5) is 11.9. The largest absolute Gasteiger partial charge is 0.479 e. The topological polar surface area (TPSA) is 72.1 Å². The van der Waals surface area contributed by atoms with Gasteiger partial charge < -0.3 is 19.8 Å². The Morgan fingerprint density at radius 3 is 2.79 bits per heavy atom. The summed E-state index contributed by atoms with van der Waals surface area (Å²) in [6.45, 7) is 1.05. The molecule has 3 rings (SSSR count). The first-order chi connectivity index (χ1) is 9.33. The highest BCUT2D eigenvalue weighted by Gasteiger charge is 2.21. The Labute approximate surface area is 111 Å². The van der Waals surface area contributed by atoms with Crippen molar-refractivity contribution < 1.29 is 9.47 Å². The van der Waals surface area contributed by atoms with Gasteiger partial charge in [0.2, 0.25) is 5.88 Å². The average Bonchev–Trinajstić information content (AvgIpc) is 2.90. The van der Waals surface area contributed by atoms with Crippen LogP contribution in [0.15, 0.2) is 6.20 Å². The highest BCUT2D eigenvalue weighted by molar-refractivity contribution is 5.84. The van der Waals surface area contributed by atoms with Crippen molar-refractivity contribution in [2.24, 2.45) is 0 Å². The van der Waals surface area contributed by atoms with Crippen LogP contribution in [0.3, 0.4) is 0 Å². The van der Waals surface area contributed by atoms with Gasteiger partial charge in [-0.15, -0.1) is 0 Å². The molecule has 1 unspecified atom stereocenters. The number of hydrogen-bond acceptors (Lipinski definition) is 5. The molecular formula is C13H18N4O2. The number of piperidine rings is 1. The van der Waals surface area contributed by atoms with Gasteiger partial charge in [0.05, 0.1) is 14.2 Å². The predicted octanol–water partition coefficient (Wildman–Crippen LogP) is 1.79. The molecule has 19 heavy (non-hydrogen) atoms. The van der Waals surface area contributed by atoms with Crippen LogP contribution in [0, 0.1) is 0 Å². The minimum atomic E-state index is 0.334. The quantitative estimate of drug-likeness (QED) is 0.882. The van der Waals surface area contributed by atoms with E-state index in [-0.39, 0.29) is 0 Å². The van der Waals surface area contributed by atoms with E-state index in [1.54, 1.807) is 14.2 Å². The third-order valence-electron chi connectivity index (χ3n) is 3.56. The number of rotatable bonds is 3. The number of nitrogens with zero attached hydrogens (tertiary/aromatic N) is 2. The van der Waals surface area contributed by atoms with Gasteiger partial charge >= 0.3 is 6.01 Å². The summed E-state index contributed by atoms with van der Waals surface area (Å²) < 4.78 is 10.4. The molecule has 6 nitrogen and oxygen atoms in total. The fourth-order valence-corrected chi connectivity index (χ4v) is 2.60. The van der Waals surface area contributed by atoms with Crippen LogP contribution in [0.2, 0.25) is 0 Å². The first-order valence-electron chi connectivity index (χ1n) is 6.54. The zero-order valence-corrected chi connectivity index (χ0v) is 11.2. The molecule has 6 heteroatoms. The molecule has 0 spiro atoms. The Kier molecular flexibility index (Phi) is 3.25. The number of nitrogens with one attached hydrogen (secondary N) is 2. The van der Waals surface area contributed by atoms with Crippen LogP contribution in [0.4, 0.5) is 0 Å². The van der Waals surface area contributed by atoms with Crippen LogP contribution in [-0.4, -0.2) is 35.7 Å². The minimum absolute atomic E-state index is 0.334. The normalized spacial score (nSPS) is 19.6. The molecule has 0 bridgehead atoms. The molecule has 1 aliphatic heterocycles. The fraction of sp³-hybridized carbons (Fsp3) is 0.538. The average molecular weight is 262 g/mol. The maximum absolute atomic E-state index is 5.29. The van der Waals surface area contributed by atoms with Crippen molar-refractivity contribution in [3.8, 4) is 11.9 Å². The summed E-state index contributed by atoms with van der Waals surface area (Å²) in [7, 11) is 3.16. The lowest BCUT2D eigenvalue weighted by atomic mass is 9.99. The van der Waals surface area contributed by atoms with E-state index in [2.05, 4.69) is 20.3 Å². The zero-order valence-electron chi connectivity index (χ0n) is 11.2. The van der Waals surface area contributed by atoms with E-state index in [0.29, 0.717) is 17.9 Å². The highest BCUT2D eigenvalue weighted by atomic mass is 16.5. The van der Waals surface area contributed by atoms with Crippen LogP contribution < -0.4 is 14.8 Å². The van der Waals surface area contributed by atoms with Crippen LogP contribution >= 0.6 is 0 Å². The van der Waals surface area contributed by atoms with E-state index in [4.69, 9.17) is 9.47 Å². The highest BCUT2D eigenvalue weighted by Crippen LogP contribution is 2.32. The minimum Gasteiger partial charge on any atom is -0.479 e. The van der Waals surface area contributed by atoms with Gasteiger partial charge in [-0.25, -0.2) is 0 Å². The summed E-state index contributed by atoms with van der Waals surface area (Å²) in [5, 5.41) is 3.53. The molecule has 1 fully saturated rings. The molecule has 0 aromatic carbocycles. The molecule has 1 saturated heterocycles. The molecule has 0 amide bonds. The second kappa shape index (κ2) is 5.05. The van der Waals surface area contributed by atoms with Gasteiger partial charge in [-0.2, -0.15) is 9.97 Å². The van der Waals surface area contributed by atoms with Crippen LogP contribution in [0.25, 0.3) is 11.0 Å². The van der Waals surface area contributed by atoms with Gasteiger partial charge in [0.1, 0.15) is 11.0 Å². The number of ether oxygens (including phenoxy) is 2. The van der Waals surface area contributed by atoms with Crippen molar-refractivity contribution in [2.75, 3.05) is 20.8 Å². The van der Waals surface area contributed by atoms with Gasteiger partial charge in [-0.1, -0.05) is 6.42 Å². The Morgan fingerprint density at radius 1 is 1.21 bits per heavy atom. The van der Waals surface area contributed by atoms with E-state index in [9.17, 15) is 0 Å². The molecule has 0 aliphatic carbocycles. The lowest BCUT2D eigenvalue weighted by molar-refractivity contribution is 0.356. The standard InChI is InChI=1S/C13H18N4O2/c1-18-12-11-10(16-13(17-12)19-2)8(7-15-11)9-5-3-4-6-14-9/h7,9,14-15H,3-6H2,1-2H3. The maximum atomic E-state index is 5.29. The molecule has 3 heterocycles. The second-order valence-corrected chi connectivity index (χ2v) is 4.69. The molecule has 2 aromatic heterocycles. The van der Waals surface area contributed by atoms with Crippen molar-refractivity contribution in [3.05, 3.63) is 11.8 Å². The van der Waals surface area contributed by atoms with Gasteiger partial charge in [-0.3, -0.25) is 0 Å². The van der Waals surface area contributed by atoms with Crippen molar-refractivity contribution >= 4 is 11.0 Å². The first kappa shape index (κ1) is 12.2. The SMILES string of the molecule is COc1nc(OC)c2[nH]cc(C3CCCCN3)c2n1. The Bertz CT molecular complexity index is 575. The summed E-state index contributed by atoms with van der Waals surface area (Å²) >= 11 is 0. The Balaban J connectivity index is 2.09. The third-order valence-corrected chi connectivity index (χ3v) is 3.56. The molecular weight excluding hydrogens is 244 g/mol. The van der Waals surface area contributed by atoms with E-state index < -0.39 is 0 Å². The molecule has 102 valence electrons. The number of H-pyrrole nitrogens is 1. The Morgan fingerprint density at radius 2 is 2.11 bits per heavy atom. The van der Waals surface area contributed by atoms with Crippen LogP contribution in [-0.2, 0) is 0 Å². The molecule has 2 aromatic rings. The monoisotopic (exact) mass is 262 g/mol. The summed E-state index contributed by atoms with van der Waals surface area (Å²) in [5.41, 5.74) is 2.86. The number of aromatic amines is 1. The lowest BCUT2D eigenvalue weighted by Gasteiger charge is -2.22. The van der Waals surface area contributed by atoms with E-state index >= 15 is 0 Å². The summed E-state index contributed by atoms with van der Waals surface area (Å²) in [5.74, 6) is 0.518. The lowest BCUT2D eigenvalue weighted by Crippen LogP contribution is -2.26. The maximum Gasteiger partial charge on any atom is 0.320 e. The van der Waals surface area contributed by atoms with Gasteiger partial charge in [0.15, 0.2) is 0 Å². The second-order valence-electron chi connectivity index (χ2n) is 4.69. The van der Waals surface area contributed by atoms with E-state index in [1.807, 2.05) is 6.20 Å². The number of methoxy groups -OCH3 is 2. The van der Waals surface area contributed by atoms with Gasteiger partial charge in [-0.05, 0) is 19.4 Å². The van der Waals surface area contributed by atoms with E-state index in [0.717, 1.165) is 29.6 Å². The fourth-order valence-electron chi connectivity index (χ4n) is 2.60. The molecule has 0 saturated carbocycles. The smallest absolute Gasteiger partial charge is 0.320 e. The van der Waals surface area contributed by atoms with Crippen molar-refractivity contribution in [3.63, 3.8) is 0 Å². The molecule has 1 atom stereocenters. The van der Waals surface area contributed by atoms with E-state index in [1.165, 1.54) is 12.8 Å². The number of hydrogen-bond donors (Lipinski definition) is 2. The van der Waals surface area contributed by atoms with Crippen molar-refractivity contribution in [2.45, 2.75) is 25.3 Å². The first-order valence-corrected chi connectivity index (χ1v) is 6.54. The molecule has 1 aliphatic rings. The van der Waals surface area contributed by atoms with Crippen molar-refractivity contribution in [1.82, 2.24) is 20.3 Å². The number of aromatic nitrogens is 3. The van der Waals surface area contributed by atoms with Crippen LogP contribution in [0.1, 0.15) is 30.9 Å². The van der Waals surface area contributed by atoms with Gasteiger partial charge in [0.25, 0.3) is 0 Å². The third kappa shape index (κ3) is 2.12. The zero-order chi connectivity index (χ0) is 13.2. The van der Waals surface area contributed by atoms with Gasteiger partial charge in [0, 0.05) is 17.8 Å². The summed E-state index contributed by atoms with van der Waals surface area (Å²) in [6, 6.07) is 0.674. The predicted molar refractivity (Wildman–Crippen MR) is 71.6 cm³/mol. The number of fused-ring (bicyclic) bond motifs is 1. The Hall–Kier alpha value is -1.82. The molecule has 2 N–H and O–H groups in total.